The van der Waals surface area contributed by atoms with Gasteiger partial charge in [-0.05, 0) is 55.8 Å². The minimum atomic E-state index is -2.77. The maximum Gasteiger partial charge on any atom is 0.256 e. The zero-order valence-electron chi connectivity index (χ0n) is 12.6. The lowest BCUT2D eigenvalue weighted by molar-refractivity contribution is -0.131. The van der Waals surface area contributed by atoms with Crippen molar-refractivity contribution in [3.05, 3.63) is 0 Å². The van der Waals surface area contributed by atoms with Gasteiger partial charge in [0.2, 0.25) is 0 Å². The molecule has 0 bridgehead atoms. The van der Waals surface area contributed by atoms with Gasteiger partial charge in [0.1, 0.15) is 6.17 Å². The van der Waals surface area contributed by atoms with Gasteiger partial charge in [-0.1, -0.05) is 26.7 Å². The highest BCUT2D eigenvalue weighted by Gasteiger charge is 2.62. The average molecular weight is 288 g/mol. The third-order valence-corrected chi connectivity index (χ3v) is 6.36. The highest BCUT2D eigenvalue weighted by atomic mass is 19.3. The Kier molecular flexibility index (Phi) is 3.83. The zero-order valence-corrected chi connectivity index (χ0v) is 12.6. The molecule has 5 atom stereocenters. The lowest BCUT2D eigenvalue weighted by Gasteiger charge is -2.37. The molecule has 0 aromatic carbocycles. The molecule has 116 valence electrons. The van der Waals surface area contributed by atoms with E-state index in [2.05, 4.69) is 6.92 Å². The number of hydrogen-bond donors (Lipinski definition) is 0. The molecule has 3 rings (SSSR count). The van der Waals surface area contributed by atoms with Crippen LogP contribution in [0.25, 0.3) is 0 Å². The van der Waals surface area contributed by atoms with E-state index in [4.69, 9.17) is 0 Å². The maximum absolute atomic E-state index is 14.8. The Morgan fingerprint density at radius 2 is 1.45 bits per heavy atom. The summed E-state index contributed by atoms with van der Waals surface area (Å²) in [4.78, 5) is 0. The molecular weight excluding hydrogens is 261 g/mol. The SMILES string of the molecule is CC1CCC(C2CC3CC(C)CC(F)C3C2(F)F)CC1. The van der Waals surface area contributed by atoms with Crippen molar-refractivity contribution in [1.82, 2.24) is 0 Å². The summed E-state index contributed by atoms with van der Waals surface area (Å²) < 4.78 is 43.7. The number of rotatable bonds is 1. The highest BCUT2D eigenvalue weighted by molar-refractivity contribution is 5.04. The largest absolute Gasteiger partial charge is 0.256 e. The van der Waals surface area contributed by atoms with Crippen molar-refractivity contribution in [2.24, 2.45) is 35.5 Å². The second-order valence-corrected chi connectivity index (χ2v) is 7.92. The Balaban J connectivity index is 1.76. The van der Waals surface area contributed by atoms with E-state index in [-0.39, 0.29) is 17.8 Å². The Hall–Kier alpha value is -0.210. The molecule has 0 spiro atoms. The first-order chi connectivity index (χ1) is 9.39. The summed E-state index contributed by atoms with van der Waals surface area (Å²) in [5.41, 5.74) is 0. The zero-order chi connectivity index (χ0) is 14.5. The summed E-state index contributed by atoms with van der Waals surface area (Å²) in [5, 5.41) is 0. The van der Waals surface area contributed by atoms with E-state index in [9.17, 15) is 13.2 Å². The molecule has 3 saturated carbocycles. The predicted molar refractivity (Wildman–Crippen MR) is 74.5 cm³/mol. The lowest BCUT2D eigenvalue weighted by Crippen LogP contribution is -2.43. The summed E-state index contributed by atoms with van der Waals surface area (Å²) in [6.07, 6.45) is 4.42. The van der Waals surface area contributed by atoms with E-state index in [1.807, 2.05) is 6.92 Å². The van der Waals surface area contributed by atoms with Gasteiger partial charge in [-0.3, -0.25) is 0 Å². The average Bonchev–Trinajstić information content (AvgIpc) is 2.61. The van der Waals surface area contributed by atoms with E-state index in [1.165, 1.54) is 0 Å². The van der Waals surface area contributed by atoms with Crippen molar-refractivity contribution in [3.8, 4) is 0 Å². The fourth-order valence-electron chi connectivity index (χ4n) is 5.31. The Bertz CT molecular complexity index is 346. The van der Waals surface area contributed by atoms with Gasteiger partial charge in [-0.2, -0.15) is 0 Å². The molecule has 0 heterocycles. The normalized spacial score (nSPS) is 51.8. The van der Waals surface area contributed by atoms with Crippen molar-refractivity contribution < 1.29 is 13.2 Å². The van der Waals surface area contributed by atoms with Crippen LogP contribution in [0.15, 0.2) is 0 Å². The lowest BCUT2D eigenvalue weighted by atomic mass is 9.73. The molecule has 0 radical (unpaired) electrons. The molecular formula is C17H27F3. The second kappa shape index (κ2) is 5.21. The minimum absolute atomic E-state index is 0.0758. The van der Waals surface area contributed by atoms with Crippen LogP contribution >= 0.6 is 0 Å². The Labute approximate surface area is 120 Å². The first kappa shape index (κ1) is 14.7. The number of alkyl halides is 3. The topological polar surface area (TPSA) is 0 Å². The van der Waals surface area contributed by atoms with Crippen LogP contribution in [0.4, 0.5) is 13.2 Å². The van der Waals surface area contributed by atoms with Crippen molar-refractivity contribution in [1.29, 1.82) is 0 Å². The van der Waals surface area contributed by atoms with Crippen LogP contribution in [0, 0.1) is 35.5 Å². The van der Waals surface area contributed by atoms with Crippen LogP contribution < -0.4 is 0 Å². The second-order valence-electron chi connectivity index (χ2n) is 7.92. The van der Waals surface area contributed by atoms with Crippen LogP contribution in [0.3, 0.4) is 0 Å². The smallest absolute Gasteiger partial charge is 0.247 e. The molecule has 0 amide bonds. The van der Waals surface area contributed by atoms with Gasteiger partial charge in [0.05, 0.1) is 5.92 Å². The molecule has 3 heteroatoms. The third-order valence-electron chi connectivity index (χ3n) is 6.36. The quantitative estimate of drug-likeness (QED) is 0.600. The van der Waals surface area contributed by atoms with Gasteiger partial charge in [-0.15, -0.1) is 0 Å². The van der Waals surface area contributed by atoms with Crippen LogP contribution in [-0.2, 0) is 0 Å². The highest BCUT2D eigenvalue weighted by Crippen LogP contribution is 2.59. The van der Waals surface area contributed by atoms with Crippen LogP contribution in [0.5, 0.6) is 0 Å². The van der Waals surface area contributed by atoms with Crippen molar-refractivity contribution in [2.75, 3.05) is 0 Å². The van der Waals surface area contributed by atoms with Crippen molar-refractivity contribution >= 4 is 0 Å². The van der Waals surface area contributed by atoms with Gasteiger partial charge in [0.25, 0.3) is 5.92 Å². The van der Waals surface area contributed by atoms with Crippen LogP contribution in [-0.4, -0.2) is 12.1 Å². The molecule has 3 fully saturated rings. The molecule has 3 aliphatic rings. The summed E-state index contributed by atoms with van der Waals surface area (Å²) in [6.45, 7) is 4.22. The summed E-state index contributed by atoms with van der Waals surface area (Å²) in [5.74, 6) is -3.29. The Morgan fingerprint density at radius 1 is 0.800 bits per heavy atom. The van der Waals surface area contributed by atoms with E-state index in [0.717, 1.165) is 32.1 Å². The van der Waals surface area contributed by atoms with E-state index in [0.29, 0.717) is 18.8 Å². The van der Waals surface area contributed by atoms with Gasteiger partial charge in [0, 0.05) is 5.92 Å². The fraction of sp³-hybridized carbons (Fsp3) is 1.00. The first-order valence-electron chi connectivity index (χ1n) is 8.41. The van der Waals surface area contributed by atoms with Gasteiger partial charge >= 0.3 is 0 Å². The van der Waals surface area contributed by atoms with Crippen LogP contribution in [0.2, 0.25) is 0 Å². The standard InChI is InChI=1S/C17H27F3/c1-10-3-5-12(6-4-10)14-9-13-7-11(2)8-15(18)16(13)17(14,19)20/h10-16H,3-9H2,1-2H3. The van der Waals surface area contributed by atoms with Gasteiger partial charge < -0.3 is 0 Å². The molecule has 0 N–H and O–H groups in total. The molecule has 0 nitrogen and oxygen atoms in total. The Morgan fingerprint density at radius 3 is 2.10 bits per heavy atom. The molecule has 3 aliphatic carbocycles. The number of fused-ring (bicyclic) bond motifs is 1. The number of halogens is 3. The molecule has 0 aliphatic heterocycles. The van der Waals surface area contributed by atoms with Gasteiger partial charge in [-0.25, -0.2) is 13.2 Å². The van der Waals surface area contributed by atoms with E-state index >= 15 is 0 Å². The molecule has 0 saturated heterocycles. The molecule has 20 heavy (non-hydrogen) atoms. The monoisotopic (exact) mass is 288 g/mol. The molecule has 0 aromatic heterocycles. The minimum Gasteiger partial charge on any atom is -0.247 e. The first-order valence-corrected chi connectivity index (χ1v) is 8.41. The third kappa shape index (κ3) is 2.39. The maximum atomic E-state index is 14.8. The fourth-order valence-corrected chi connectivity index (χ4v) is 5.31. The van der Waals surface area contributed by atoms with E-state index < -0.39 is 23.9 Å². The van der Waals surface area contributed by atoms with E-state index in [1.54, 1.807) is 0 Å². The number of hydrogen-bond acceptors (Lipinski definition) is 0. The molecule has 5 unspecified atom stereocenters. The summed E-state index contributed by atoms with van der Waals surface area (Å²) >= 11 is 0. The summed E-state index contributed by atoms with van der Waals surface area (Å²) in [7, 11) is 0. The summed E-state index contributed by atoms with van der Waals surface area (Å²) in [6, 6.07) is 0. The molecule has 0 aromatic rings. The van der Waals surface area contributed by atoms with Crippen molar-refractivity contribution in [3.63, 3.8) is 0 Å². The van der Waals surface area contributed by atoms with Crippen LogP contribution in [0.1, 0.15) is 58.8 Å². The van der Waals surface area contributed by atoms with Crippen molar-refractivity contribution in [2.45, 2.75) is 70.9 Å². The van der Waals surface area contributed by atoms with Gasteiger partial charge in [0.15, 0.2) is 0 Å². The predicted octanol–water partition coefficient (Wildman–Crippen LogP) is 5.47.